The van der Waals surface area contributed by atoms with Crippen molar-refractivity contribution >= 4 is 5.65 Å². The lowest BCUT2D eigenvalue weighted by atomic mass is 10.1. The minimum atomic E-state index is -4.88. The molecule has 0 saturated heterocycles. The molecule has 0 fully saturated rings. The number of aromatic nitrogens is 3. The quantitative estimate of drug-likeness (QED) is 0.605. The van der Waals surface area contributed by atoms with Gasteiger partial charge < -0.3 is 9.47 Å². The van der Waals surface area contributed by atoms with Crippen LogP contribution in [0.4, 0.5) is 26.3 Å². The maximum Gasteiger partial charge on any atom is 0.573 e. The molecule has 0 atom stereocenters. The Bertz CT molecular complexity index is 965. The molecule has 11 heteroatoms. The van der Waals surface area contributed by atoms with E-state index < -0.39 is 24.1 Å². The van der Waals surface area contributed by atoms with Gasteiger partial charge in [0.1, 0.15) is 11.5 Å². The predicted octanol–water partition coefficient (Wildman–Crippen LogP) is 4.71. The summed E-state index contributed by atoms with van der Waals surface area (Å²) in [6.45, 7) is 1.75. The number of benzene rings is 1. The summed E-state index contributed by atoms with van der Waals surface area (Å²) in [5.74, 6) is -1.69. The van der Waals surface area contributed by atoms with Crippen LogP contribution in [0.1, 0.15) is 12.7 Å². The van der Waals surface area contributed by atoms with E-state index in [1.54, 1.807) is 6.92 Å². The van der Waals surface area contributed by atoms with Gasteiger partial charge in [-0.3, -0.25) is 4.40 Å². The Morgan fingerprint density at radius 3 is 2.37 bits per heavy atom. The number of nitrogens with zero attached hydrogens (tertiary/aromatic N) is 3. The molecule has 27 heavy (non-hydrogen) atoms. The van der Waals surface area contributed by atoms with Gasteiger partial charge in [0.2, 0.25) is 5.82 Å². The zero-order valence-electron chi connectivity index (χ0n) is 13.6. The molecule has 1 aromatic carbocycles. The monoisotopic (exact) mass is 391 g/mol. The second-order valence-electron chi connectivity index (χ2n) is 5.31. The summed E-state index contributed by atoms with van der Waals surface area (Å²) in [6.07, 6.45) is -8.46. The molecule has 0 radical (unpaired) electrons. The summed E-state index contributed by atoms with van der Waals surface area (Å²) in [7, 11) is 0. The second kappa shape index (κ2) is 6.63. The van der Waals surface area contributed by atoms with Crippen LogP contribution >= 0.6 is 0 Å². The number of rotatable bonds is 4. The standard InChI is InChI=1S/C16H11F6N3O2/c1-2-26-12-7-10(27-16(20,21)22)4-5-11(12)9-3-6-13-23-24-14(15(17,18)19)25(13)8-9/h3-8H,2H2,1H3. The topological polar surface area (TPSA) is 48.7 Å². The molecular weight excluding hydrogens is 380 g/mol. The summed E-state index contributed by atoms with van der Waals surface area (Å²) in [5, 5.41) is 6.58. The van der Waals surface area contributed by atoms with Crippen LogP contribution in [0.2, 0.25) is 0 Å². The van der Waals surface area contributed by atoms with Crippen LogP contribution in [0.15, 0.2) is 36.5 Å². The van der Waals surface area contributed by atoms with E-state index in [-0.39, 0.29) is 29.1 Å². The third-order valence-electron chi connectivity index (χ3n) is 3.45. The summed E-state index contributed by atoms with van der Waals surface area (Å²) in [6, 6.07) is 6.12. The lowest BCUT2D eigenvalue weighted by Gasteiger charge is -2.14. The first-order valence-electron chi connectivity index (χ1n) is 7.53. The summed E-state index contributed by atoms with van der Waals surface area (Å²) in [5.41, 5.74) is 0.533. The molecule has 2 aromatic heterocycles. The molecule has 0 aliphatic rings. The van der Waals surface area contributed by atoms with Crippen LogP contribution in [-0.2, 0) is 6.18 Å². The molecule has 0 amide bonds. The minimum Gasteiger partial charge on any atom is -0.493 e. The van der Waals surface area contributed by atoms with Crippen LogP contribution in [0.5, 0.6) is 11.5 Å². The minimum absolute atomic E-state index is 0.0268. The average Bonchev–Trinajstić information content (AvgIpc) is 2.97. The van der Waals surface area contributed by atoms with E-state index in [0.717, 1.165) is 22.7 Å². The second-order valence-corrected chi connectivity index (χ2v) is 5.31. The maximum atomic E-state index is 13.0. The van der Waals surface area contributed by atoms with Gasteiger partial charge in [0.05, 0.1) is 6.61 Å². The van der Waals surface area contributed by atoms with Gasteiger partial charge >= 0.3 is 12.5 Å². The number of hydrogen-bond acceptors (Lipinski definition) is 4. The smallest absolute Gasteiger partial charge is 0.493 e. The Morgan fingerprint density at radius 1 is 1.00 bits per heavy atom. The van der Waals surface area contributed by atoms with Crippen LogP contribution in [0, 0.1) is 0 Å². The number of halogens is 6. The van der Waals surface area contributed by atoms with Gasteiger partial charge in [0, 0.05) is 23.4 Å². The van der Waals surface area contributed by atoms with Crippen molar-refractivity contribution in [3.8, 4) is 22.6 Å². The Labute approximate surface area is 148 Å². The molecule has 0 bridgehead atoms. The molecule has 0 aliphatic carbocycles. The van der Waals surface area contributed by atoms with E-state index >= 15 is 0 Å². The largest absolute Gasteiger partial charge is 0.573 e. The zero-order chi connectivity index (χ0) is 19.8. The van der Waals surface area contributed by atoms with Crippen LogP contribution in [-0.4, -0.2) is 27.6 Å². The fourth-order valence-corrected chi connectivity index (χ4v) is 2.46. The van der Waals surface area contributed by atoms with Crippen LogP contribution in [0.3, 0.4) is 0 Å². The van der Waals surface area contributed by atoms with E-state index in [9.17, 15) is 26.3 Å². The molecule has 0 N–H and O–H groups in total. The fraction of sp³-hybridized carbons (Fsp3) is 0.250. The van der Waals surface area contributed by atoms with Crippen LogP contribution in [0.25, 0.3) is 16.8 Å². The molecule has 2 heterocycles. The van der Waals surface area contributed by atoms with Crippen molar-refractivity contribution < 1.29 is 35.8 Å². The molecule has 0 unspecified atom stereocenters. The highest BCUT2D eigenvalue weighted by Gasteiger charge is 2.37. The van der Waals surface area contributed by atoms with Crippen molar-refractivity contribution in [2.24, 2.45) is 0 Å². The third-order valence-corrected chi connectivity index (χ3v) is 3.45. The Balaban J connectivity index is 2.09. The van der Waals surface area contributed by atoms with E-state index in [1.807, 2.05) is 0 Å². The van der Waals surface area contributed by atoms with Gasteiger partial charge in [-0.15, -0.1) is 23.4 Å². The molecule has 0 aliphatic heterocycles. The van der Waals surface area contributed by atoms with Crippen molar-refractivity contribution in [3.05, 3.63) is 42.4 Å². The van der Waals surface area contributed by atoms with Gasteiger partial charge in [-0.05, 0) is 31.2 Å². The van der Waals surface area contributed by atoms with Crippen LogP contribution < -0.4 is 9.47 Å². The summed E-state index contributed by atoms with van der Waals surface area (Å²) < 4.78 is 86.2. The first-order valence-corrected chi connectivity index (χ1v) is 7.53. The maximum absolute atomic E-state index is 13.0. The van der Waals surface area contributed by atoms with Gasteiger partial charge in [-0.25, -0.2) is 0 Å². The number of fused-ring (bicyclic) bond motifs is 1. The number of pyridine rings is 1. The number of alkyl halides is 6. The normalized spacial score (nSPS) is 12.4. The SMILES string of the molecule is CCOc1cc(OC(F)(F)F)ccc1-c1ccc2nnc(C(F)(F)F)n2c1. The zero-order valence-corrected chi connectivity index (χ0v) is 13.6. The van der Waals surface area contributed by atoms with Gasteiger partial charge in [0.15, 0.2) is 5.65 Å². The van der Waals surface area contributed by atoms with Crippen molar-refractivity contribution in [3.63, 3.8) is 0 Å². The van der Waals surface area contributed by atoms with E-state index in [2.05, 4.69) is 14.9 Å². The van der Waals surface area contributed by atoms with Crippen molar-refractivity contribution in [2.45, 2.75) is 19.5 Å². The first-order chi connectivity index (χ1) is 12.6. The highest BCUT2D eigenvalue weighted by Crippen LogP contribution is 2.36. The van der Waals surface area contributed by atoms with Crippen molar-refractivity contribution in [1.29, 1.82) is 0 Å². The molecular formula is C16H11F6N3O2. The molecule has 144 valence electrons. The number of hydrogen-bond donors (Lipinski definition) is 0. The fourth-order valence-electron chi connectivity index (χ4n) is 2.46. The summed E-state index contributed by atoms with van der Waals surface area (Å²) >= 11 is 0. The highest BCUT2D eigenvalue weighted by atomic mass is 19.4. The molecule has 0 saturated carbocycles. The Morgan fingerprint density at radius 2 is 1.74 bits per heavy atom. The Hall–Kier alpha value is -2.98. The van der Waals surface area contributed by atoms with Gasteiger partial charge in [-0.2, -0.15) is 13.2 Å². The highest BCUT2D eigenvalue weighted by molar-refractivity contribution is 5.72. The predicted molar refractivity (Wildman–Crippen MR) is 81.3 cm³/mol. The first kappa shape index (κ1) is 18.8. The molecule has 5 nitrogen and oxygen atoms in total. The van der Waals surface area contributed by atoms with Crippen molar-refractivity contribution in [1.82, 2.24) is 14.6 Å². The lowest BCUT2D eigenvalue weighted by Crippen LogP contribution is -2.17. The molecule has 0 spiro atoms. The number of ether oxygens (including phenoxy) is 2. The third kappa shape index (κ3) is 4.07. The Kier molecular flexibility index (Phi) is 4.62. The van der Waals surface area contributed by atoms with E-state index in [4.69, 9.17) is 4.74 Å². The lowest BCUT2D eigenvalue weighted by molar-refractivity contribution is -0.274. The van der Waals surface area contributed by atoms with Crippen molar-refractivity contribution in [2.75, 3.05) is 6.61 Å². The van der Waals surface area contributed by atoms with Gasteiger partial charge in [-0.1, -0.05) is 0 Å². The van der Waals surface area contributed by atoms with E-state index in [0.29, 0.717) is 0 Å². The van der Waals surface area contributed by atoms with Gasteiger partial charge in [0.25, 0.3) is 0 Å². The summed E-state index contributed by atoms with van der Waals surface area (Å²) in [4.78, 5) is 0. The molecule has 3 aromatic rings. The molecule has 3 rings (SSSR count). The van der Waals surface area contributed by atoms with E-state index in [1.165, 1.54) is 18.2 Å². The average molecular weight is 391 g/mol.